The van der Waals surface area contributed by atoms with E-state index in [1.54, 1.807) is 17.0 Å². The topological polar surface area (TPSA) is 86.8 Å². The van der Waals surface area contributed by atoms with Gasteiger partial charge in [0.2, 0.25) is 21.8 Å². The molecule has 2 aromatic rings. The maximum absolute atomic E-state index is 13.5. The zero-order chi connectivity index (χ0) is 27.6. The van der Waals surface area contributed by atoms with E-state index in [0.29, 0.717) is 37.5 Å². The van der Waals surface area contributed by atoms with Crippen molar-refractivity contribution in [1.29, 1.82) is 0 Å². The fourth-order valence-corrected chi connectivity index (χ4v) is 5.10. The number of carbonyl (C=O) groups is 2. The van der Waals surface area contributed by atoms with Crippen LogP contribution in [0.1, 0.15) is 63.6 Å². The van der Waals surface area contributed by atoms with Crippen LogP contribution in [0.5, 0.6) is 0 Å². The minimum atomic E-state index is -3.51. The highest BCUT2D eigenvalue weighted by molar-refractivity contribution is 7.92. The fraction of sp³-hybridized carbons (Fsp3) is 0.517. The maximum Gasteiger partial charge on any atom is 0.242 e. The van der Waals surface area contributed by atoms with Gasteiger partial charge in [0, 0.05) is 26.1 Å². The van der Waals surface area contributed by atoms with E-state index in [0.717, 1.165) is 23.1 Å². The molecule has 1 atom stereocenters. The molecule has 2 rings (SSSR count). The number of anilines is 1. The number of rotatable bonds is 14. The van der Waals surface area contributed by atoms with Crippen molar-refractivity contribution >= 4 is 27.5 Å². The van der Waals surface area contributed by atoms with Gasteiger partial charge in [-0.1, -0.05) is 69.7 Å². The molecular formula is C29H43N3O4S. The summed E-state index contributed by atoms with van der Waals surface area (Å²) in [5.41, 5.74) is 3.78. The molecule has 8 heteroatoms. The molecule has 0 saturated carbocycles. The molecule has 2 aromatic carbocycles. The zero-order valence-electron chi connectivity index (χ0n) is 23.2. The van der Waals surface area contributed by atoms with Crippen LogP contribution in [0.3, 0.4) is 0 Å². The number of sulfonamides is 1. The summed E-state index contributed by atoms with van der Waals surface area (Å²) in [6.45, 7) is 11.1. The smallest absolute Gasteiger partial charge is 0.242 e. The highest BCUT2D eigenvalue weighted by Crippen LogP contribution is 2.21. The average molecular weight is 530 g/mol. The fourth-order valence-electron chi connectivity index (χ4n) is 4.13. The van der Waals surface area contributed by atoms with Gasteiger partial charge in [0.15, 0.2) is 0 Å². The summed E-state index contributed by atoms with van der Waals surface area (Å²) < 4.78 is 26.4. The van der Waals surface area contributed by atoms with E-state index in [1.165, 1.54) is 10.6 Å². The lowest BCUT2D eigenvalue weighted by molar-refractivity contribution is -0.141. The van der Waals surface area contributed by atoms with E-state index in [2.05, 4.69) is 5.32 Å². The van der Waals surface area contributed by atoms with E-state index in [4.69, 9.17) is 0 Å². The summed E-state index contributed by atoms with van der Waals surface area (Å²) in [4.78, 5) is 28.2. The summed E-state index contributed by atoms with van der Waals surface area (Å²) >= 11 is 0. The lowest BCUT2D eigenvalue weighted by Crippen LogP contribution is -2.49. The van der Waals surface area contributed by atoms with Gasteiger partial charge in [0.05, 0.1) is 11.9 Å². The van der Waals surface area contributed by atoms with Crippen LogP contribution in [0.2, 0.25) is 0 Å². The first-order valence-corrected chi connectivity index (χ1v) is 15.0. The van der Waals surface area contributed by atoms with Crippen molar-refractivity contribution in [3.8, 4) is 0 Å². The number of carbonyl (C=O) groups excluding carboxylic acids is 2. The predicted molar refractivity (Wildman–Crippen MR) is 151 cm³/mol. The van der Waals surface area contributed by atoms with Gasteiger partial charge >= 0.3 is 0 Å². The Kier molecular flexibility index (Phi) is 11.6. The van der Waals surface area contributed by atoms with Gasteiger partial charge in [-0.3, -0.25) is 13.9 Å². The summed E-state index contributed by atoms with van der Waals surface area (Å²) in [6, 6.07) is 14.8. The minimum absolute atomic E-state index is 0.138. The molecule has 0 aliphatic carbocycles. The Morgan fingerprint density at radius 2 is 1.54 bits per heavy atom. The molecule has 204 valence electrons. The molecule has 0 saturated heterocycles. The van der Waals surface area contributed by atoms with Crippen molar-refractivity contribution in [2.24, 2.45) is 5.92 Å². The first-order chi connectivity index (χ1) is 17.5. The molecular weight excluding hydrogens is 486 g/mol. The number of hydrogen-bond donors (Lipinski definition) is 1. The van der Waals surface area contributed by atoms with E-state index in [1.807, 2.05) is 71.0 Å². The Morgan fingerprint density at radius 3 is 2.05 bits per heavy atom. The Morgan fingerprint density at radius 1 is 0.946 bits per heavy atom. The van der Waals surface area contributed by atoms with Crippen LogP contribution >= 0.6 is 0 Å². The van der Waals surface area contributed by atoms with Crippen LogP contribution < -0.4 is 9.62 Å². The van der Waals surface area contributed by atoms with Crippen molar-refractivity contribution in [2.45, 2.75) is 72.9 Å². The third kappa shape index (κ3) is 9.50. The van der Waals surface area contributed by atoms with E-state index in [-0.39, 0.29) is 24.8 Å². The van der Waals surface area contributed by atoms with Gasteiger partial charge in [-0.25, -0.2) is 8.42 Å². The summed E-state index contributed by atoms with van der Waals surface area (Å²) in [5, 5.41) is 2.97. The predicted octanol–water partition coefficient (Wildman–Crippen LogP) is 4.68. The largest absolute Gasteiger partial charge is 0.354 e. The molecule has 7 nitrogen and oxygen atoms in total. The van der Waals surface area contributed by atoms with Crippen molar-refractivity contribution in [2.75, 3.05) is 23.7 Å². The van der Waals surface area contributed by atoms with Crippen molar-refractivity contribution in [1.82, 2.24) is 10.2 Å². The van der Waals surface area contributed by atoms with Gasteiger partial charge in [-0.15, -0.1) is 0 Å². The number of hydrogen-bond acceptors (Lipinski definition) is 4. The van der Waals surface area contributed by atoms with Crippen LogP contribution in [0.4, 0.5) is 5.69 Å². The van der Waals surface area contributed by atoms with Crippen LogP contribution in [-0.4, -0.2) is 50.5 Å². The molecule has 0 bridgehead atoms. The Bertz CT molecular complexity index is 1110. The Hall–Kier alpha value is -2.87. The second-order valence-corrected chi connectivity index (χ2v) is 11.9. The summed E-state index contributed by atoms with van der Waals surface area (Å²) in [7, 11) is -3.51. The molecule has 0 aromatic heterocycles. The monoisotopic (exact) mass is 529 g/mol. The molecule has 0 heterocycles. The standard InChI is InChI=1S/C29H43N3O4S/c1-7-24-15-17-26(18-16-24)32(37(6,35)36)19-9-10-28(33)31(21-25-13-11-23(5)12-14-25)27(8-2)29(34)30-20-22(3)4/h11-18,22,27H,7-10,19-21H2,1-6H3,(H,30,34)/t27-/m1/s1. The molecule has 0 aliphatic heterocycles. The SMILES string of the molecule is CCc1ccc(N(CCCC(=O)N(Cc2ccc(C)cc2)[C@H](CC)C(=O)NCC(C)C)S(C)(=O)=O)cc1. The van der Waals surface area contributed by atoms with Gasteiger partial charge in [0.25, 0.3) is 0 Å². The average Bonchev–Trinajstić information content (AvgIpc) is 2.85. The normalized spacial score (nSPS) is 12.3. The molecule has 37 heavy (non-hydrogen) atoms. The molecule has 0 aliphatic rings. The second-order valence-electron chi connectivity index (χ2n) is 10.0. The van der Waals surface area contributed by atoms with Crippen molar-refractivity contribution in [3.05, 3.63) is 65.2 Å². The number of aryl methyl sites for hydroxylation is 2. The summed E-state index contributed by atoms with van der Waals surface area (Å²) in [6.07, 6.45) is 3.02. The third-order valence-electron chi connectivity index (χ3n) is 6.33. The third-order valence-corrected chi connectivity index (χ3v) is 7.52. The van der Waals surface area contributed by atoms with Crippen molar-refractivity contribution < 1.29 is 18.0 Å². The van der Waals surface area contributed by atoms with E-state index in [9.17, 15) is 18.0 Å². The first kappa shape index (κ1) is 30.4. The lowest BCUT2D eigenvalue weighted by atomic mass is 10.1. The van der Waals surface area contributed by atoms with Gasteiger partial charge in [0.1, 0.15) is 6.04 Å². The minimum Gasteiger partial charge on any atom is -0.354 e. The molecule has 2 amide bonds. The van der Waals surface area contributed by atoms with Crippen molar-refractivity contribution in [3.63, 3.8) is 0 Å². The summed E-state index contributed by atoms with van der Waals surface area (Å²) in [5.74, 6) is -0.0246. The maximum atomic E-state index is 13.5. The van der Waals surface area contributed by atoms with E-state index < -0.39 is 16.1 Å². The number of nitrogens with one attached hydrogen (secondary N) is 1. The number of benzene rings is 2. The molecule has 0 radical (unpaired) electrons. The van der Waals surface area contributed by atoms with Gasteiger partial charge in [-0.2, -0.15) is 0 Å². The lowest BCUT2D eigenvalue weighted by Gasteiger charge is -2.31. The number of amides is 2. The molecule has 0 unspecified atom stereocenters. The quantitative estimate of drug-likeness (QED) is 0.385. The number of nitrogens with zero attached hydrogens (tertiary/aromatic N) is 2. The van der Waals surface area contributed by atoms with E-state index >= 15 is 0 Å². The molecule has 1 N–H and O–H groups in total. The van der Waals surface area contributed by atoms with Crippen LogP contribution in [0.25, 0.3) is 0 Å². The van der Waals surface area contributed by atoms with Crippen LogP contribution in [-0.2, 0) is 32.6 Å². The van der Waals surface area contributed by atoms with Gasteiger partial charge < -0.3 is 10.2 Å². The van der Waals surface area contributed by atoms with Gasteiger partial charge in [-0.05, 0) is 55.4 Å². The molecule has 0 fully saturated rings. The Labute approximate surface area is 223 Å². The molecule has 0 spiro atoms. The van der Waals surface area contributed by atoms with Crippen LogP contribution in [0, 0.1) is 12.8 Å². The Balaban J connectivity index is 2.19. The highest BCUT2D eigenvalue weighted by atomic mass is 32.2. The highest BCUT2D eigenvalue weighted by Gasteiger charge is 2.29. The van der Waals surface area contributed by atoms with Crippen LogP contribution in [0.15, 0.2) is 48.5 Å². The second kappa shape index (κ2) is 14.2. The zero-order valence-corrected chi connectivity index (χ0v) is 24.0. The first-order valence-electron chi connectivity index (χ1n) is 13.2.